The van der Waals surface area contributed by atoms with E-state index >= 15 is 0 Å². The van der Waals surface area contributed by atoms with E-state index in [0.717, 1.165) is 38.0 Å². The van der Waals surface area contributed by atoms with Gasteiger partial charge in [0.2, 0.25) is 0 Å². The summed E-state index contributed by atoms with van der Waals surface area (Å²) in [5.41, 5.74) is 2.75. The van der Waals surface area contributed by atoms with Crippen molar-refractivity contribution in [3.05, 3.63) is 65.5 Å². The number of anilines is 1. The number of rotatable bonds is 5. The van der Waals surface area contributed by atoms with Crippen molar-refractivity contribution < 1.29 is 13.9 Å². The highest BCUT2D eigenvalue weighted by molar-refractivity contribution is 5.48. The predicted molar refractivity (Wildman–Crippen MR) is 99.4 cm³/mol. The second kappa shape index (κ2) is 8.16. The van der Waals surface area contributed by atoms with Crippen LogP contribution in [0.15, 0.2) is 48.5 Å². The van der Waals surface area contributed by atoms with Crippen molar-refractivity contribution in [2.45, 2.75) is 31.7 Å². The molecule has 2 fully saturated rings. The third kappa shape index (κ3) is 4.23. The highest BCUT2D eigenvalue weighted by Gasteiger charge is 2.22. The van der Waals surface area contributed by atoms with Crippen LogP contribution in [0.25, 0.3) is 0 Å². The molecule has 0 bridgehead atoms. The summed E-state index contributed by atoms with van der Waals surface area (Å²) in [4.78, 5) is 2.46. The molecule has 5 heteroatoms. The van der Waals surface area contributed by atoms with Crippen molar-refractivity contribution in [3.63, 3.8) is 0 Å². The molecule has 0 amide bonds. The molecule has 4 rings (SSSR count). The van der Waals surface area contributed by atoms with Crippen molar-refractivity contribution in [1.82, 2.24) is 4.90 Å². The maximum absolute atomic E-state index is 14.2. The Hall–Kier alpha value is -1.95. The molecule has 0 aliphatic carbocycles. The van der Waals surface area contributed by atoms with Crippen molar-refractivity contribution >= 4 is 5.69 Å². The lowest BCUT2D eigenvalue weighted by Crippen LogP contribution is -2.38. The Kier molecular flexibility index (Phi) is 5.48. The van der Waals surface area contributed by atoms with Gasteiger partial charge in [-0.15, -0.1) is 0 Å². The highest BCUT2D eigenvalue weighted by atomic mass is 19.1. The Labute approximate surface area is 153 Å². The Balaban J connectivity index is 1.33. The molecule has 2 aromatic rings. The van der Waals surface area contributed by atoms with E-state index < -0.39 is 0 Å². The molecule has 2 aromatic carbocycles. The molecule has 0 saturated carbocycles. The molecule has 0 unspecified atom stereocenters. The van der Waals surface area contributed by atoms with Crippen LogP contribution in [0.5, 0.6) is 0 Å². The van der Waals surface area contributed by atoms with E-state index in [0.29, 0.717) is 18.9 Å². The minimum atomic E-state index is -0.371. The van der Waals surface area contributed by atoms with Gasteiger partial charge < -0.3 is 14.8 Å². The fourth-order valence-electron chi connectivity index (χ4n) is 3.65. The van der Waals surface area contributed by atoms with Crippen LogP contribution in [0.2, 0.25) is 0 Å². The molecule has 2 heterocycles. The normalized spacial score (nSPS) is 19.7. The van der Waals surface area contributed by atoms with Gasteiger partial charge >= 0.3 is 0 Å². The molecule has 1 N–H and O–H groups in total. The van der Waals surface area contributed by atoms with E-state index in [1.165, 1.54) is 11.6 Å². The number of ether oxygens (including phenoxy) is 2. The molecule has 2 saturated heterocycles. The van der Waals surface area contributed by atoms with Crippen LogP contribution in [0.4, 0.5) is 10.1 Å². The summed E-state index contributed by atoms with van der Waals surface area (Å²) >= 11 is 0. The van der Waals surface area contributed by atoms with E-state index in [2.05, 4.69) is 34.5 Å². The van der Waals surface area contributed by atoms with E-state index in [1.807, 2.05) is 12.1 Å². The summed E-state index contributed by atoms with van der Waals surface area (Å²) in [6.45, 7) is 4.19. The summed E-state index contributed by atoms with van der Waals surface area (Å²) in [7, 11) is 0. The van der Waals surface area contributed by atoms with Crippen LogP contribution in [-0.2, 0) is 16.0 Å². The predicted octanol–water partition coefficient (Wildman–Crippen LogP) is 3.95. The molecule has 0 aromatic heterocycles. The highest BCUT2D eigenvalue weighted by Crippen LogP contribution is 2.28. The third-order valence-corrected chi connectivity index (χ3v) is 5.08. The van der Waals surface area contributed by atoms with E-state index in [9.17, 15) is 4.39 Å². The molecule has 0 radical (unpaired) electrons. The van der Waals surface area contributed by atoms with Gasteiger partial charge in [0.1, 0.15) is 5.82 Å². The van der Waals surface area contributed by atoms with Gasteiger partial charge in [0, 0.05) is 31.2 Å². The van der Waals surface area contributed by atoms with Crippen molar-refractivity contribution in [3.8, 4) is 0 Å². The van der Waals surface area contributed by atoms with Crippen molar-refractivity contribution in [1.29, 1.82) is 0 Å². The van der Waals surface area contributed by atoms with E-state index in [1.54, 1.807) is 6.07 Å². The van der Waals surface area contributed by atoms with Gasteiger partial charge in [-0.1, -0.05) is 36.4 Å². The molecule has 26 heavy (non-hydrogen) atoms. The molecule has 4 nitrogen and oxygen atoms in total. The van der Waals surface area contributed by atoms with Crippen LogP contribution in [0, 0.1) is 5.82 Å². The average Bonchev–Trinajstić information content (AvgIpc) is 3.21. The standard InChI is InChI=1S/C21H25FN2O2/c22-19-7-6-17(21-25-12-13-26-21)14-20(19)23-18-8-10-24(11-9-18)15-16-4-2-1-3-5-16/h1-7,14,18,21,23H,8-13,15H2. The monoisotopic (exact) mass is 356 g/mol. The zero-order valence-electron chi connectivity index (χ0n) is 14.9. The fraction of sp³-hybridized carbons (Fsp3) is 0.429. The van der Waals surface area contributed by atoms with Gasteiger partial charge in [-0.3, -0.25) is 4.90 Å². The van der Waals surface area contributed by atoms with Gasteiger partial charge in [0.05, 0.1) is 18.9 Å². The quantitative estimate of drug-likeness (QED) is 0.880. The first kappa shape index (κ1) is 17.5. The second-order valence-corrected chi connectivity index (χ2v) is 6.99. The van der Waals surface area contributed by atoms with Crippen LogP contribution >= 0.6 is 0 Å². The largest absolute Gasteiger partial charge is 0.380 e. The number of halogens is 1. The molecule has 2 aliphatic rings. The maximum Gasteiger partial charge on any atom is 0.184 e. The van der Waals surface area contributed by atoms with E-state index in [-0.39, 0.29) is 18.1 Å². The lowest BCUT2D eigenvalue weighted by molar-refractivity contribution is -0.0441. The number of piperidine rings is 1. The Morgan fingerprint density at radius 1 is 1.00 bits per heavy atom. The number of benzene rings is 2. The van der Waals surface area contributed by atoms with Gasteiger partial charge in [0.15, 0.2) is 6.29 Å². The van der Waals surface area contributed by atoms with Crippen molar-refractivity contribution in [2.24, 2.45) is 0 Å². The molecular weight excluding hydrogens is 331 g/mol. The summed E-state index contributed by atoms with van der Waals surface area (Å²) in [6.07, 6.45) is 1.64. The summed E-state index contributed by atoms with van der Waals surface area (Å²) in [5.74, 6) is -0.224. The lowest BCUT2D eigenvalue weighted by atomic mass is 10.0. The summed E-state index contributed by atoms with van der Waals surface area (Å²) in [6, 6.07) is 15.9. The van der Waals surface area contributed by atoms with Crippen LogP contribution in [-0.4, -0.2) is 37.2 Å². The maximum atomic E-state index is 14.2. The topological polar surface area (TPSA) is 33.7 Å². The molecule has 0 spiro atoms. The first-order chi connectivity index (χ1) is 12.8. The summed E-state index contributed by atoms with van der Waals surface area (Å²) in [5, 5.41) is 3.38. The zero-order chi connectivity index (χ0) is 17.8. The molecule has 2 aliphatic heterocycles. The van der Waals surface area contributed by atoms with E-state index in [4.69, 9.17) is 9.47 Å². The smallest absolute Gasteiger partial charge is 0.184 e. The lowest BCUT2D eigenvalue weighted by Gasteiger charge is -2.33. The number of hydrogen-bond donors (Lipinski definition) is 1. The number of likely N-dealkylation sites (tertiary alicyclic amines) is 1. The average molecular weight is 356 g/mol. The minimum absolute atomic E-state index is 0.224. The zero-order valence-corrected chi connectivity index (χ0v) is 14.9. The SMILES string of the molecule is Fc1ccc(C2OCCO2)cc1NC1CCN(Cc2ccccc2)CC1. The van der Waals surface area contributed by atoms with Gasteiger partial charge in [-0.05, 0) is 30.5 Å². The molecule has 0 atom stereocenters. The molecule has 138 valence electrons. The van der Waals surface area contributed by atoms with Gasteiger partial charge in [0.25, 0.3) is 0 Å². The number of nitrogens with zero attached hydrogens (tertiary/aromatic N) is 1. The second-order valence-electron chi connectivity index (χ2n) is 6.99. The van der Waals surface area contributed by atoms with Crippen LogP contribution < -0.4 is 5.32 Å². The Bertz CT molecular complexity index is 711. The van der Waals surface area contributed by atoms with Crippen molar-refractivity contribution in [2.75, 3.05) is 31.6 Å². The first-order valence-electron chi connectivity index (χ1n) is 9.33. The van der Waals surface area contributed by atoms with Crippen LogP contribution in [0.1, 0.15) is 30.3 Å². The number of hydrogen-bond acceptors (Lipinski definition) is 4. The van der Waals surface area contributed by atoms with Gasteiger partial charge in [-0.25, -0.2) is 4.39 Å². The number of nitrogens with one attached hydrogen (secondary N) is 1. The van der Waals surface area contributed by atoms with Gasteiger partial charge in [-0.2, -0.15) is 0 Å². The summed E-state index contributed by atoms with van der Waals surface area (Å²) < 4.78 is 25.3. The third-order valence-electron chi connectivity index (χ3n) is 5.08. The molecular formula is C21H25FN2O2. The fourth-order valence-corrected chi connectivity index (χ4v) is 3.65. The Morgan fingerprint density at radius 2 is 1.73 bits per heavy atom. The van der Waals surface area contributed by atoms with Crippen LogP contribution in [0.3, 0.4) is 0 Å². The minimum Gasteiger partial charge on any atom is -0.380 e. The Morgan fingerprint density at radius 3 is 2.46 bits per heavy atom. The first-order valence-corrected chi connectivity index (χ1v) is 9.33.